The van der Waals surface area contributed by atoms with Crippen LogP contribution in [0.2, 0.25) is 0 Å². The van der Waals surface area contributed by atoms with Crippen LogP contribution >= 0.6 is 11.3 Å². The number of carbonyl (C=O) groups excluding carboxylic acids is 1. The molecule has 1 aliphatic rings. The summed E-state index contributed by atoms with van der Waals surface area (Å²) in [5, 5.41) is 0.744. The van der Waals surface area contributed by atoms with Crippen LogP contribution in [0.4, 0.5) is 5.00 Å². The number of esters is 1. The molecule has 4 nitrogen and oxygen atoms in total. The molecule has 0 radical (unpaired) electrons. The molecule has 5 heteroatoms. The molecule has 1 heterocycles. The zero-order chi connectivity index (χ0) is 20.1. The highest BCUT2D eigenvalue weighted by atomic mass is 32.1. The number of fused-ring (bicyclic) bond motifs is 1. The van der Waals surface area contributed by atoms with Gasteiger partial charge in [-0.2, -0.15) is 0 Å². The molecule has 0 aliphatic heterocycles. The molecule has 0 bridgehead atoms. The molecule has 1 aromatic heterocycles. The number of aryl methyl sites for hydroxylation is 1. The van der Waals surface area contributed by atoms with Gasteiger partial charge in [-0.3, -0.25) is 0 Å². The van der Waals surface area contributed by atoms with Crippen molar-refractivity contribution in [1.82, 2.24) is 0 Å². The first-order chi connectivity index (χ1) is 14.2. The number of aliphatic imine (C=N–C) groups is 1. The van der Waals surface area contributed by atoms with Crippen molar-refractivity contribution in [3.05, 3.63) is 81.7 Å². The number of ether oxygens (including phenoxy) is 2. The third-order valence-corrected chi connectivity index (χ3v) is 6.20. The van der Waals surface area contributed by atoms with Crippen molar-refractivity contribution in [3.8, 4) is 5.75 Å². The van der Waals surface area contributed by atoms with Crippen molar-refractivity contribution in [2.24, 2.45) is 4.99 Å². The Kier molecular flexibility index (Phi) is 6.06. The Morgan fingerprint density at radius 1 is 1.07 bits per heavy atom. The zero-order valence-corrected chi connectivity index (χ0v) is 17.2. The summed E-state index contributed by atoms with van der Waals surface area (Å²) in [5.74, 6) is 0.522. The van der Waals surface area contributed by atoms with Gasteiger partial charge in [0.25, 0.3) is 0 Å². The third-order valence-electron chi connectivity index (χ3n) is 5.00. The fourth-order valence-corrected chi connectivity index (χ4v) is 4.70. The Bertz CT molecular complexity index is 1010. The molecular formula is C24H23NO3S. The molecule has 3 aromatic rings. The topological polar surface area (TPSA) is 47.9 Å². The number of hydrogen-bond donors (Lipinski definition) is 0. The predicted molar refractivity (Wildman–Crippen MR) is 117 cm³/mol. The number of nitrogens with zero attached hydrogens (tertiary/aromatic N) is 1. The number of carbonyl (C=O) groups is 1. The van der Waals surface area contributed by atoms with Gasteiger partial charge >= 0.3 is 5.97 Å². The lowest BCUT2D eigenvalue weighted by Gasteiger charge is -2.11. The second-order valence-corrected chi connectivity index (χ2v) is 8.07. The minimum absolute atomic E-state index is 0.291. The smallest absolute Gasteiger partial charge is 0.341 e. The Morgan fingerprint density at radius 3 is 2.59 bits per heavy atom. The number of methoxy groups -OCH3 is 1. The summed E-state index contributed by atoms with van der Waals surface area (Å²) >= 11 is 1.61. The van der Waals surface area contributed by atoms with Crippen molar-refractivity contribution in [2.75, 3.05) is 7.11 Å². The predicted octanol–water partition coefficient (Wildman–Crippen LogP) is 5.74. The van der Waals surface area contributed by atoms with Crippen LogP contribution in [0.5, 0.6) is 5.75 Å². The van der Waals surface area contributed by atoms with Gasteiger partial charge in [-0.05, 0) is 66.6 Å². The largest absolute Gasteiger partial charge is 0.489 e. The Labute approximate surface area is 174 Å². The van der Waals surface area contributed by atoms with Gasteiger partial charge in [-0.25, -0.2) is 9.79 Å². The van der Waals surface area contributed by atoms with Crippen molar-refractivity contribution < 1.29 is 14.3 Å². The fraction of sp³-hybridized carbons (Fsp3) is 0.250. The van der Waals surface area contributed by atoms with E-state index < -0.39 is 0 Å². The van der Waals surface area contributed by atoms with Gasteiger partial charge in [0.05, 0.1) is 12.7 Å². The van der Waals surface area contributed by atoms with Crippen LogP contribution in [-0.4, -0.2) is 19.3 Å². The Hall–Kier alpha value is -2.92. The van der Waals surface area contributed by atoms with Gasteiger partial charge in [0, 0.05) is 11.1 Å². The molecule has 4 rings (SSSR count). The van der Waals surface area contributed by atoms with E-state index in [1.165, 1.54) is 18.4 Å². The molecule has 0 amide bonds. The van der Waals surface area contributed by atoms with Crippen molar-refractivity contribution in [3.63, 3.8) is 0 Å². The minimum Gasteiger partial charge on any atom is -0.489 e. The number of hydrogen-bond acceptors (Lipinski definition) is 5. The zero-order valence-electron chi connectivity index (χ0n) is 16.4. The van der Waals surface area contributed by atoms with E-state index in [-0.39, 0.29) is 5.97 Å². The first-order valence-electron chi connectivity index (χ1n) is 9.78. The van der Waals surface area contributed by atoms with E-state index in [9.17, 15) is 4.79 Å². The molecule has 29 heavy (non-hydrogen) atoms. The fourth-order valence-electron chi connectivity index (χ4n) is 3.48. The van der Waals surface area contributed by atoms with Crippen LogP contribution in [0, 0.1) is 0 Å². The van der Waals surface area contributed by atoms with Crippen molar-refractivity contribution in [2.45, 2.75) is 32.3 Å². The number of benzene rings is 2. The second-order valence-electron chi connectivity index (χ2n) is 6.98. The quantitative estimate of drug-likeness (QED) is 0.388. The van der Waals surface area contributed by atoms with Crippen LogP contribution in [0.1, 0.15) is 44.8 Å². The maximum absolute atomic E-state index is 12.3. The van der Waals surface area contributed by atoms with E-state index in [0.717, 1.165) is 46.7 Å². The van der Waals surface area contributed by atoms with E-state index in [1.807, 2.05) is 54.6 Å². The van der Waals surface area contributed by atoms with E-state index in [2.05, 4.69) is 4.99 Å². The average Bonchev–Trinajstić information content (AvgIpc) is 3.15. The van der Waals surface area contributed by atoms with E-state index >= 15 is 0 Å². The van der Waals surface area contributed by atoms with Gasteiger partial charge in [-0.1, -0.05) is 30.3 Å². The van der Waals surface area contributed by atoms with Crippen LogP contribution in [0.15, 0.2) is 59.6 Å². The molecule has 0 fully saturated rings. The van der Waals surface area contributed by atoms with Crippen LogP contribution in [0.3, 0.4) is 0 Å². The summed E-state index contributed by atoms with van der Waals surface area (Å²) in [5.41, 5.74) is 3.87. The first kappa shape index (κ1) is 19.4. The van der Waals surface area contributed by atoms with E-state index in [4.69, 9.17) is 9.47 Å². The maximum atomic E-state index is 12.3. The Balaban J connectivity index is 1.48. The molecule has 0 saturated heterocycles. The van der Waals surface area contributed by atoms with Gasteiger partial charge < -0.3 is 9.47 Å². The molecule has 2 aromatic carbocycles. The standard InChI is InChI=1S/C24H23NO3S/c1-27-24(26)22-20-9-5-6-10-21(20)29-23(22)25-15-17-11-13-19(14-12-17)28-16-18-7-3-2-4-8-18/h2-4,7-8,11-15H,5-6,9-10,16H2,1H3. The van der Waals surface area contributed by atoms with Crippen LogP contribution < -0.4 is 4.74 Å². The Morgan fingerprint density at radius 2 is 1.83 bits per heavy atom. The van der Waals surface area contributed by atoms with Gasteiger partial charge in [-0.15, -0.1) is 11.3 Å². The van der Waals surface area contributed by atoms with Gasteiger partial charge in [0.1, 0.15) is 17.4 Å². The van der Waals surface area contributed by atoms with Crippen molar-refractivity contribution >= 4 is 28.5 Å². The summed E-state index contributed by atoms with van der Waals surface area (Å²) < 4.78 is 10.8. The van der Waals surface area contributed by atoms with Crippen LogP contribution in [-0.2, 0) is 24.2 Å². The van der Waals surface area contributed by atoms with Crippen LogP contribution in [0.25, 0.3) is 0 Å². The summed E-state index contributed by atoms with van der Waals surface area (Å²) in [4.78, 5) is 18.2. The minimum atomic E-state index is -0.291. The summed E-state index contributed by atoms with van der Waals surface area (Å²) in [7, 11) is 1.43. The molecule has 0 spiro atoms. The molecule has 0 atom stereocenters. The first-order valence-corrected chi connectivity index (χ1v) is 10.6. The molecular weight excluding hydrogens is 382 g/mol. The molecule has 0 saturated carbocycles. The molecule has 0 N–H and O–H groups in total. The third kappa shape index (κ3) is 4.57. The average molecular weight is 406 g/mol. The molecule has 0 unspecified atom stereocenters. The van der Waals surface area contributed by atoms with E-state index in [1.54, 1.807) is 17.6 Å². The normalized spacial score (nSPS) is 13.3. The highest BCUT2D eigenvalue weighted by Crippen LogP contribution is 2.40. The number of thiophene rings is 1. The van der Waals surface area contributed by atoms with Gasteiger partial charge in [0.2, 0.25) is 0 Å². The van der Waals surface area contributed by atoms with Crippen molar-refractivity contribution in [1.29, 1.82) is 0 Å². The SMILES string of the molecule is COC(=O)c1c(N=Cc2ccc(OCc3ccccc3)cc2)sc2c1CCCC2. The highest BCUT2D eigenvalue weighted by molar-refractivity contribution is 7.16. The monoisotopic (exact) mass is 405 g/mol. The molecule has 148 valence electrons. The van der Waals surface area contributed by atoms with E-state index in [0.29, 0.717) is 12.2 Å². The lowest BCUT2D eigenvalue weighted by molar-refractivity contribution is 0.0601. The molecule has 1 aliphatic carbocycles. The number of rotatable bonds is 6. The lowest BCUT2D eigenvalue weighted by atomic mass is 9.95. The second kappa shape index (κ2) is 9.05. The maximum Gasteiger partial charge on any atom is 0.341 e. The summed E-state index contributed by atoms with van der Waals surface area (Å²) in [6.07, 6.45) is 6.03. The highest BCUT2D eigenvalue weighted by Gasteiger charge is 2.25. The summed E-state index contributed by atoms with van der Waals surface area (Å²) in [6.45, 7) is 0.539. The van der Waals surface area contributed by atoms with Gasteiger partial charge in [0.15, 0.2) is 0 Å². The lowest BCUT2D eigenvalue weighted by Crippen LogP contribution is -2.07. The summed E-state index contributed by atoms with van der Waals surface area (Å²) in [6, 6.07) is 17.9.